The van der Waals surface area contributed by atoms with Gasteiger partial charge in [0.25, 0.3) is 0 Å². The lowest BCUT2D eigenvalue weighted by atomic mass is 10.0. The molecule has 1 aromatic carbocycles. The molecule has 0 bridgehead atoms. The minimum absolute atomic E-state index is 0.0853. The first kappa shape index (κ1) is 33.3. The van der Waals surface area contributed by atoms with Crippen LogP contribution in [-0.4, -0.2) is 36.2 Å². The first-order valence-corrected chi connectivity index (χ1v) is 15.9. The van der Waals surface area contributed by atoms with Crippen LogP contribution in [0.5, 0.6) is 0 Å². The highest BCUT2D eigenvalue weighted by molar-refractivity contribution is 7.46. The van der Waals surface area contributed by atoms with Crippen molar-refractivity contribution in [3.8, 4) is 0 Å². The molecule has 210 valence electrons. The molecule has 1 rings (SSSR count). The third-order valence-corrected chi connectivity index (χ3v) is 6.92. The smallest absolute Gasteiger partial charge is 0.381 e. The minimum Gasteiger partial charge on any atom is -0.381 e. The minimum atomic E-state index is -4.50. The van der Waals surface area contributed by atoms with Gasteiger partial charge >= 0.3 is 7.82 Å². The van der Waals surface area contributed by atoms with Crippen LogP contribution in [0.3, 0.4) is 0 Å². The molecule has 36 heavy (non-hydrogen) atoms. The van der Waals surface area contributed by atoms with E-state index in [1.54, 1.807) is 0 Å². The van der Waals surface area contributed by atoms with Crippen molar-refractivity contribution in [2.45, 2.75) is 116 Å². The third-order valence-electron chi connectivity index (χ3n) is 6.44. The average molecular weight is 529 g/mol. The molecule has 2 N–H and O–H groups in total. The molecule has 0 fully saturated rings. The molecule has 0 spiro atoms. The fourth-order valence-corrected chi connectivity index (χ4v) is 4.67. The molecular formula is C29H53O6P. The summed E-state index contributed by atoms with van der Waals surface area (Å²) in [6.45, 7) is 3.99. The number of rotatable bonds is 26. The van der Waals surface area contributed by atoms with E-state index in [4.69, 9.17) is 19.3 Å². The van der Waals surface area contributed by atoms with Crippen molar-refractivity contribution in [3.05, 3.63) is 35.9 Å². The molecule has 7 heteroatoms. The maximum atomic E-state index is 11.1. The molecule has 1 aromatic rings. The monoisotopic (exact) mass is 528 g/mol. The van der Waals surface area contributed by atoms with Crippen LogP contribution in [0.4, 0.5) is 0 Å². The van der Waals surface area contributed by atoms with Gasteiger partial charge in [0.2, 0.25) is 0 Å². The van der Waals surface area contributed by atoms with Crippen molar-refractivity contribution in [2.24, 2.45) is 5.92 Å². The van der Waals surface area contributed by atoms with Crippen molar-refractivity contribution in [2.75, 3.05) is 26.4 Å². The molecule has 0 radical (unpaired) electrons. The number of phosphoric ester groups is 1. The number of unbranched alkanes of at least 4 members (excludes halogenated alkanes) is 15. The van der Waals surface area contributed by atoms with E-state index >= 15 is 0 Å². The third kappa shape index (κ3) is 22.4. The Morgan fingerprint density at radius 3 is 1.64 bits per heavy atom. The highest BCUT2D eigenvalue weighted by Crippen LogP contribution is 2.36. The van der Waals surface area contributed by atoms with Gasteiger partial charge in [-0.2, -0.15) is 0 Å². The summed E-state index contributed by atoms with van der Waals surface area (Å²) in [5.41, 5.74) is 1.06. The SMILES string of the molecule is CCCCCCCCCCCCCCCCCCOCC(COCc1ccccc1)COP(=O)(O)O. The van der Waals surface area contributed by atoms with Crippen LogP contribution >= 0.6 is 7.82 Å². The molecule has 0 aliphatic heterocycles. The Balaban J connectivity index is 1.96. The molecular weight excluding hydrogens is 475 g/mol. The predicted octanol–water partition coefficient (Wildman–Crippen LogP) is 8.21. The summed E-state index contributed by atoms with van der Waals surface area (Å²) < 4.78 is 27.2. The number of benzene rings is 1. The molecule has 0 saturated heterocycles. The highest BCUT2D eigenvalue weighted by Gasteiger charge is 2.19. The van der Waals surface area contributed by atoms with Crippen LogP contribution in [0, 0.1) is 5.92 Å². The molecule has 0 aromatic heterocycles. The lowest BCUT2D eigenvalue weighted by molar-refractivity contribution is 0.00942. The topological polar surface area (TPSA) is 85.2 Å². The van der Waals surface area contributed by atoms with Gasteiger partial charge in [-0.25, -0.2) is 4.57 Å². The molecule has 6 nitrogen and oxygen atoms in total. The van der Waals surface area contributed by atoms with Crippen LogP contribution in [-0.2, 0) is 25.2 Å². The number of ether oxygens (including phenoxy) is 2. The maximum absolute atomic E-state index is 11.1. The van der Waals surface area contributed by atoms with Crippen LogP contribution in [0.15, 0.2) is 30.3 Å². The quantitative estimate of drug-likeness (QED) is 0.0931. The van der Waals surface area contributed by atoms with Gasteiger partial charge in [0.1, 0.15) is 0 Å². The average Bonchev–Trinajstić information content (AvgIpc) is 2.86. The van der Waals surface area contributed by atoms with Gasteiger partial charge in [0, 0.05) is 12.5 Å². The molecule has 1 atom stereocenters. The first-order valence-electron chi connectivity index (χ1n) is 14.4. The van der Waals surface area contributed by atoms with Crippen LogP contribution in [0.25, 0.3) is 0 Å². The lowest BCUT2D eigenvalue weighted by Crippen LogP contribution is -2.21. The summed E-state index contributed by atoms with van der Waals surface area (Å²) in [4.78, 5) is 18.0. The first-order chi connectivity index (χ1) is 17.5. The Morgan fingerprint density at radius 2 is 1.14 bits per heavy atom. The van der Waals surface area contributed by atoms with Crippen molar-refractivity contribution >= 4 is 7.82 Å². The Labute approximate surface area is 220 Å². The van der Waals surface area contributed by atoms with Crippen LogP contribution < -0.4 is 0 Å². The van der Waals surface area contributed by atoms with E-state index in [0.29, 0.717) is 26.4 Å². The Morgan fingerprint density at radius 1 is 0.667 bits per heavy atom. The van der Waals surface area contributed by atoms with Crippen LogP contribution in [0.2, 0.25) is 0 Å². The van der Waals surface area contributed by atoms with E-state index in [9.17, 15) is 4.57 Å². The molecule has 0 aliphatic carbocycles. The Bertz CT molecular complexity index is 636. The van der Waals surface area contributed by atoms with Gasteiger partial charge in [0.05, 0.1) is 26.4 Å². The van der Waals surface area contributed by atoms with Gasteiger partial charge in [0.15, 0.2) is 0 Å². The van der Waals surface area contributed by atoms with Gasteiger partial charge < -0.3 is 19.3 Å². The second kappa shape index (κ2) is 23.4. The standard InChI is InChI=1S/C29H53O6P/c1-2-3-4-5-6-7-8-9-10-11-12-13-14-15-16-20-23-33-25-29(27-35-36(30,31)32)26-34-24-28-21-18-17-19-22-28/h17-19,21-22,29H,2-16,20,23-27H2,1H3,(H2,30,31,32). The molecule has 0 heterocycles. The van der Waals surface area contributed by atoms with Crippen LogP contribution in [0.1, 0.15) is 115 Å². The molecule has 0 amide bonds. The zero-order valence-corrected chi connectivity index (χ0v) is 23.7. The number of phosphoric acid groups is 1. The van der Waals surface area contributed by atoms with E-state index in [0.717, 1.165) is 18.4 Å². The largest absolute Gasteiger partial charge is 0.469 e. The Hall–Kier alpha value is -0.750. The van der Waals surface area contributed by atoms with Gasteiger partial charge in [-0.15, -0.1) is 0 Å². The zero-order valence-electron chi connectivity index (χ0n) is 22.8. The fourth-order valence-electron chi connectivity index (χ4n) is 4.27. The second-order valence-electron chi connectivity index (χ2n) is 10.0. The number of hydrogen-bond acceptors (Lipinski definition) is 4. The van der Waals surface area contributed by atoms with E-state index in [1.165, 1.54) is 89.9 Å². The van der Waals surface area contributed by atoms with Gasteiger partial charge in [-0.05, 0) is 12.0 Å². The predicted molar refractivity (Wildman–Crippen MR) is 148 cm³/mol. The second-order valence-corrected chi connectivity index (χ2v) is 11.3. The van der Waals surface area contributed by atoms with Crippen molar-refractivity contribution in [1.82, 2.24) is 0 Å². The fraction of sp³-hybridized carbons (Fsp3) is 0.793. The van der Waals surface area contributed by atoms with Crippen molar-refractivity contribution in [1.29, 1.82) is 0 Å². The summed E-state index contributed by atoms with van der Waals surface area (Å²) in [5, 5.41) is 0. The van der Waals surface area contributed by atoms with Gasteiger partial charge in [-0.3, -0.25) is 4.52 Å². The zero-order chi connectivity index (χ0) is 26.2. The van der Waals surface area contributed by atoms with E-state index in [2.05, 4.69) is 11.4 Å². The normalized spacial score (nSPS) is 12.8. The van der Waals surface area contributed by atoms with Crippen molar-refractivity contribution < 1.29 is 28.3 Å². The lowest BCUT2D eigenvalue weighted by Gasteiger charge is -2.18. The van der Waals surface area contributed by atoms with E-state index in [-0.39, 0.29) is 12.5 Å². The summed E-state index contributed by atoms with van der Waals surface area (Å²) in [6.07, 6.45) is 21.4. The molecule has 1 unspecified atom stereocenters. The summed E-state index contributed by atoms with van der Waals surface area (Å²) in [7, 11) is -4.50. The summed E-state index contributed by atoms with van der Waals surface area (Å²) in [5.74, 6) is -0.220. The highest BCUT2D eigenvalue weighted by atomic mass is 31.2. The van der Waals surface area contributed by atoms with Crippen molar-refractivity contribution in [3.63, 3.8) is 0 Å². The molecule has 0 aliphatic rings. The number of hydrogen-bond donors (Lipinski definition) is 2. The maximum Gasteiger partial charge on any atom is 0.469 e. The Kier molecular flexibility index (Phi) is 21.6. The summed E-state index contributed by atoms with van der Waals surface area (Å²) >= 11 is 0. The van der Waals surface area contributed by atoms with Gasteiger partial charge in [-0.1, -0.05) is 134 Å². The van der Waals surface area contributed by atoms with E-state index in [1.807, 2.05) is 30.3 Å². The summed E-state index contributed by atoms with van der Waals surface area (Å²) in [6, 6.07) is 9.82. The van der Waals surface area contributed by atoms with E-state index < -0.39 is 7.82 Å². The molecule has 0 saturated carbocycles.